The van der Waals surface area contributed by atoms with Crippen molar-refractivity contribution in [1.29, 1.82) is 0 Å². The van der Waals surface area contributed by atoms with Crippen molar-refractivity contribution in [3.8, 4) is 28.3 Å². The minimum atomic E-state index is -1.32. The Labute approximate surface area is 178 Å². The van der Waals surface area contributed by atoms with E-state index in [4.69, 9.17) is 4.42 Å². The number of aromatic hydroxyl groups is 1. The van der Waals surface area contributed by atoms with Crippen molar-refractivity contribution in [2.45, 2.75) is 20.8 Å². The lowest BCUT2D eigenvalue weighted by Crippen LogP contribution is -2.21. The first-order chi connectivity index (χ1) is 14.8. The van der Waals surface area contributed by atoms with Crippen LogP contribution in [0.4, 0.5) is 5.69 Å². The van der Waals surface area contributed by atoms with Crippen LogP contribution in [0, 0.1) is 6.92 Å². The number of anilines is 1. The number of carboxylic acids is 1. The van der Waals surface area contributed by atoms with Gasteiger partial charge in [-0.05, 0) is 38.5 Å². The molecular formula is C24H22N2O5. The van der Waals surface area contributed by atoms with Gasteiger partial charge in [0.2, 0.25) is 11.2 Å². The van der Waals surface area contributed by atoms with Gasteiger partial charge < -0.3 is 19.5 Å². The molecule has 1 aliphatic heterocycles. The first-order valence-corrected chi connectivity index (χ1v) is 10.0. The summed E-state index contributed by atoms with van der Waals surface area (Å²) >= 11 is 0. The minimum absolute atomic E-state index is 0.0664. The van der Waals surface area contributed by atoms with E-state index in [1.165, 1.54) is 0 Å². The van der Waals surface area contributed by atoms with Crippen LogP contribution in [0.15, 0.2) is 51.7 Å². The Morgan fingerprint density at radius 3 is 2.39 bits per heavy atom. The van der Waals surface area contributed by atoms with Crippen molar-refractivity contribution in [2.24, 2.45) is 0 Å². The number of phenols is 1. The van der Waals surface area contributed by atoms with Crippen molar-refractivity contribution in [3.63, 3.8) is 0 Å². The molecular weight excluding hydrogens is 396 g/mol. The normalized spacial score (nSPS) is 11.2. The van der Waals surface area contributed by atoms with Gasteiger partial charge in [-0.25, -0.2) is 9.78 Å². The van der Waals surface area contributed by atoms with Gasteiger partial charge >= 0.3 is 5.97 Å². The van der Waals surface area contributed by atoms with Crippen molar-refractivity contribution in [3.05, 3.63) is 63.8 Å². The molecule has 2 aliphatic rings. The van der Waals surface area contributed by atoms with E-state index in [1.807, 2.05) is 26.8 Å². The monoisotopic (exact) mass is 418 g/mol. The molecule has 0 unspecified atom stereocenters. The Hall–Kier alpha value is -3.87. The summed E-state index contributed by atoms with van der Waals surface area (Å²) in [5.74, 6) is -2.21. The zero-order valence-electron chi connectivity index (χ0n) is 17.5. The molecule has 1 aliphatic carbocycles. The molecule has 0 spiro atoms. The summed E-state index contributed by atoms with van der Waals surface area (Å²) in [6.45, 7) is 7.54. The van der Waals surface area contributed by atoms with E-state index in [0.717, 1.165) is 24.3 Å². The van der Waals surface area contributed by atoms with Crippen molar-refractivity contribution in [1.82, 2.24) is 4.98 Å². The second-order valence-corrected chi connectivity index (χ2v) is 7.31. The number of phenolic OH excluding ortho intramolecular Hbond substituents is 1. The fourth-order valence-electron chi connectivity index (χ4n) is 3.78. The summed E-state index contributed by atoms with van der Waals surface area (Å²) in [6, 6.07) is 12.2. The number of carbonyl (C=O) groups is 1. The van der Waals surface area contributed by atoms with E-state index in [9.17, 15) is 19.8 Å². The summed E-state index contributed by atoms with van der Waals surface area (Å²) in [4.78, 5) is 31.8. The zero-order chi connectivity index (χ0) is 22.3. The number of fused-ring (bicyclic) bond motifs is 2. The number of benzene rings is 3. The molecule has 0 bridgehead atoms. The Morgan fingerprint density at radius 2 is 1.77 bits per heavy atom. The van der Waals surface area contributed by atoms with E-state index in [-0.39, 0.29) is 22.6 Å². The zero-order valence-corrected chi connectivity index (χ0v) is 17.5. The van der Waals surface area contributed by atoms with Crippen LogP contribution >= 0.6 is 0 Å². The molecule has 0 amide bonds. The third-order valence-electron chi connectivity index (χ3n) is 5.43. The predicted octanol–water partition coefficient (Wildman–Crippen LogP) is 4.52. The average Bonchev–Trinajstić information content (AvgIpc) is 2.76. The lowest BCUT2D eigenvalue weighted by molar-refractivity contribution is 0.0698. The van der Waals surface area contributed by atoms with Crippen LogP contribution in [0.3, 0.4) is 0 Å². The SMILES string of the molecule is CCN(CC)c1ccc2nc3c(C(=O)O)c(-c4ccc(C)cc4)c(=O)c(O)c-3oc2c1. The van der Waals surface area contributed by atoms with E-state index in [2.05, 4.69) is 9.88 Å². The maximum atomic E-state index is 13.0. The molecule has 2 aromatic carbocycles. The molecule has 0 saturated heterocycles. The molecule has 1 heterocycles. The van der Waals surface area contributed by atoms with Crippen molar-refractivity contribution < 1.29 is 19.4 Å². The first kappa shape index (κ1) is 20.4. The molecule has 0 atom stereocenters. The van der Waals surface area contributed by atoms with Gasteiger partial charge in [0, 0.05) is 24.8 Å². The molecule has 0 saturated carbocycles. The number of aryl methyl sites for hydroxylation is 1. The molecule has 31 heavy (non-hydrogen) atoms. The van der Waals surface area contributed by atoms with Gasteiger partial charge in [0.05, 0.1) is 5.56 Å². The Kier molecular flexibility index (Phi) is 5.10. The molecule has 2 N–H and O–H groups in total. The fraction of sp³-hybridized carbons (Fsp3) is 0.208. The van der Waals surface area contributed by atoms with E-state index in [1.54, 1.807) is 36.4 Å². The van der Waals surface area contributed by atoms with Crippen LogP contribution in [0.2, 0.25) is 0 Å². The Bertz CT molecular complexity index is 1320. The standard InChI is InChI=1S/C24H22N2O5/c1-4-26(5-2)15-10-11-16-17(12-15)31-23-20(25-16)19(24(29)30)18(21(27)22(23)28)14-8-6-13(3)7-9-14/h6-12,28H,4-5H2,1-3H3,(H,29,30). The quantitative estimate of drug-likeness (QED) is 0.459. The lowest BCUT2D eigenvalue weighted by Gasteiger charge is -2.21. The largest absolute Gasteiger partial charge is 0.501 e. The molecule has 7 heteroatoms. The number of hydrogen-bond donors (Lipinski definition) is 2. The van der Waals surface area contributed by atoms with E-state index >= 15 is 0 Å². The summed E-state index contributed by atoms with van der Waals surface area (Å²) < 4.78 is 5.84. The van der Waals surface area contributed by atoms with E-state index < -0.39 is 17.1 Å². The van der Waals surface area contributed by atoms with Crippen LogP contribution in [0.5, 0.6) is 5.75 Å². The summed E-state index contributed by atoms with van der Waals surface area (Å²) in [5, 5.41) is 20.6. The predicted molar refractivity (Wildman–Crippen MR) is 119 cm³/mol. The third kappa shape index (κ3) is 3.38. The van der Waals surface area contributed by atoms with Crippen molar-refractivity contribution in [2.75, 3.05) is 18.0 Å². The summed E-state index contributed by atoms with van der Waals surface area (Å²) in [5.41, 5.74) is 1.76. The fourth-order valence-corrected chi connectivity index (χ4v) is 3.78. The maximum Gasteiger partial charge on any atom is 0.338 e. The molecule has 7 nitrogen and oxygen atoms in total. The molecule has 0 radical (unpaired) electrons. The minimum Gasteiger partial charge on any atom is -0.501 e. The second kappa shape index (κ2) is 7.75. The number of aromatic nitrogens is 1. The van der Waals surface area contributed by atoms with Crippen LogP contribution in [0.1, 0.15) is 29.8 Å². The summed E-state index contributed by atoms with van der Waals surface area (Å²) in [6.07, 6.45) is 0. The van der Waals surface area contributed by atoms with Gasteiger partial charge in [0.15, 0.2) is 11.3 Å². The van der Waals surface area contributed by atoms with Gasteiger partial charge in [-0.15, -0.1) is 0 Å². The smallest absolute Gasteiger partial charge is 0.338 e. The first-order valence-electron chi connectivity index (χ1n) is 10.0. The molecule has 0 aromatic heterocycles. The third-order valence-corrected chi connectivity index (χ3v) is 5.43. The van der Waals surface area contributed by atoms with Gasteiger partial charge in [-0.1, -0.05) is 29.8 Å². The maximum absolute atomic E-state index is 13.0. The molecule has 158 valence electrons. The van der Waals surface area contributed by atoms with Crippen LogP contribution in [0.25, 0.3) is 33.7 Å². The highest BCUT2D eigenvalue weighted by Gasteiger charge is 2.30. The van der Waals surface area contributed by atoms with Gasteiger partial charge in [-0.3, -0.25) is 4.79 Å². The lowest BCUT2D eigenvalue weighted by atomic mass is 9.94. The Morgan fingerprint density at radius 1 is 1.10 bits per heavy atom. The highest BCUT2D eigenvalue weighted by atomic mass is 16.4. The summed E-state index contributed by atoms with van der Waals surface area (Å²) in [7, 11) is 0. The molecule has 4 rings (SSSR count). The highest BCUT2D eigenvalue weighted by molar-refractivity contribution is 6.04. The number of hydrogen-bond acceptors (Lipinski definition) is 6. The topological polar surface area (TPSA) is 104 Å². The number of carboxylic acid groups (broad SMARTS) is 1. The van der Waals surface area contributed by atoms with Crippen LogP contribution < -0.4 is 10.3 Å². The Balaban J connectivity index is 2.07. The van der Waals surface area contributed by atoms with Crippen molar-refractivity contribution >= 4 is 22.8 Å². The number of aromatic carboxylic acids is 1. The van der Waals surface area contributed by atoms with Crippen LogP contribution in [-0.2, 0) is 0 Å². The number of rotatable bonds is 5. The van der Waals surface area contributed by atoms with Gasteiger partial charge in [0.25, 0.3) is 0 Å². The highest BCUT2D eigenvalue weighted by Crippen LogP contribution is 2.38. The molecule has 0 fully saturated rings. The average molecular weight is 418 g/mol. The van der Waals surface area contributed by atoms with Crippen LogP contribution in [-0.4, -0.2) is 34.3 Å². The molecule has 2 aromatic rings. The number of nitrogens with zero attached hydrogens (tertiary/aromatic N) is 2. The second-order valence-electron chi connectivity index (χ2n) is 7.31. The van der Waals surface area contributed by atoms with E-state index in [0.29, 0.717) is 16.7 Å². The van der Waals surface area contributed by atoms with Gasteiger partial charge in [0.1, 0.15) is 16.8 Å². The van der Waals surface area contributed by atoms with Gasteiger partial charge in [-0.2, -0.15) is 0 Å².